The van der Waals surface area contributed by atoms with E-state index in [1.165, 1.54) is 20.0 Å². The molecule has 1 amide bonds. The molecule has 31 heavy (non-hydrogen) atoms. The van der Waals surface area contributed by atoms with Crippen molar-refractivity contribution in [1.82, 2.24) is 29.7 Å². The van der Waals surface area contributed by atoms with Crippen molar-refractivity contribution in [2.75, 3.05) is 17.3 Å². The Hall–Kier alpha value is -3.56. The molecule has 1 atom stereocenters. The van der Waals surface area contributed by atoms with Crippen LogP contribution in [0.2, 0.25) is 0 Å². The van der Waals surface area contributed by atoms with E-state index in [9.17, 15) is 4.79 Å². The summed E-state index contributed by atoms with van der Waals surface area (Å²) in [6, 6.07) is 2.30. The van der Waals surface area contributed by atoms with Crippen molar-refractivity contribution in [3.8, 4) is 17.1 Å². The third-order valence-electron chi connectivity index (χ3n) is 6.05. The van der Waals surface area contributed by atoms with Crippen molar-refractivity contribution in [2.45, 2.75) is 51.1 Å². The average molecular weight is 420 g/mol. The molecule has 5 rings (SSSR count). The minimum Gasteiger partial charge on any atom is -0.453 e. The van der Waals surface area contributed by atoms with Crippen molar-refractivity contribution in [3.63, 3.8) is 0 Å². The van der Waals surface area contributed by atoms with Crippen LogP contribution in [0, 0.1) is 0 Å². The number of amides is 1. The Morgan fingerprint density at radius 2 is 2.13 bits per heavy atom. The van der Waals surface area contributed by atoms with Gasteiger partial charge in [-0.1, -0.05) is 19.8 Å². The van der Waals surface area contributed by atoms with Crippen molar-refractivity contribution in [3.05, 3.63) is 36.8 Å². The number of aromatic nitrogens is 6. The minimum absolute atomic E-state index is 0.103. The Bertz CT molecular complexity index is 1110. The first kappa shape index (κ1) is 19.4. The summed E-state index contributed by atoms with van der Waals surface area (Å²) in [5, 5.41) is 11.3. The highest BCUT2D eigenvalue weighted by Crippen LogP contribution is 2.43. The highest BCUT2D eigenvalue weighted by Gasteiger charge is 2.38. The van der Waals surface area contributed by atoms with Gasteiger partial charge in [0.15, 0.2) is 17.5 Å². The molecule has 1 fully saturated rings. The van der Waals surface area contributed by atoms with Gasteiger partial charge in [-0.2, -0.15) is 0 Å². The van der Waals surface area contributed by atoms with Crippen LogP contribution in [0.4, 0.5) is 16.3 Å². The minimum atomic E-state index is -0.569. The summed E-state index contributed by atoms with van der Waals surface area (Å²) < 4.78 is 6.72. The number of nitrogens with zero attached hydrogens (tertiary/aromatic N) is 7. The third-order valence-corrected chi connectivity index (χ3v) is 6.05. The topological polar surface area (TPSA) is 111 Å². The quantitative estimate of drug-likeness (QED) is 0.683. The van der Waals surface area contributed by atoms with Crippen LogP contribution in [-0.4, -0.2) is 49.0 Å². The average Bonchev–Trinajstić information content (AvgIpc) is 3.50. The molecule has 0 aromatic carbocycles. The van der Waals surface area contributed by atoms with E-state index in [0.29, 0.717) is 23.1 Å². The van der Waals surface area contributed by atoms with E-state index in [1.54, 1.807) is 31.0 Å². The Morgan fingerprint density at radius 1 is 1.29 bits per heavy atom. The number of rotatable bonds is 4. The van der Waals surface area contributed by atoms with Crippen LogP contribution in [0.25, 0.3) is 17.1 Å². The van der Waals surface area contributed by atoms with Gasteiger partial charge < -0.3 is 9.64 Å². The lowest BCUT2D eigenvalue weighted by atomic mass is 10.0. The van der Waals surface area contributed by atoms with Gasteiger partial charge in [-0.25, -0.2) is 14.8 Å². The molecular formula is C21H24N8O2. The van der Waals surface area contributed by atoms with Gasteiger partial charge in [0.25, 0.3) is 0 Å². The Balaban J connectivity index is 1.64. The maximum absolute atomic E-state index is 11.8. The van der Waals surface area contributed by atoms with E-state index in [4.69, 9.17) is 9.72 Å². The largest absolute Gasteiger partial charge is 0.453 e. The zero-order valence-corrected chi connectivity index (χ0v) is 17.5. The summed E-state index contributed by atoms with van der Waals surface area (Å²) in [5.41, 5.74) is 2.05. The molecule has 4 heterocycles. The van der Waals surface area contributed by atoms with Crippen LogP contribution >= 0.6 is 0 Å². The summed E-state index contributed by atoms with van der Waals surface area (Å²) in [7, 11) is 1.32. The lowest BCUT2D eigenvalue weighted by Gasteiger charge is -2.40. The summed E-state index contributed by atoms with van der Waals surface area (Å²) in [4.78, 5) is 27.9. The predicted octanol–water partition coefficient (Wildman–Crippen LogP) is 3.51. The summed E-state index contributed by atoms with van der Waals surface area (Å²) in [6.07, 6.45) is 11.8. The number of anilines is 2. The number of hydrogen-bond acceptors (Lipinski definition) is 8. The first-order chi connectivity index (χ1) is 15.2. The van der Waals surface area contributed by atoms with Gasteiger partial charge in [0.05, 0.1) is 31.2 Å². The van der Waals surface area contributed by atoms with Crippen LogP contribution < -0.4 is 10.2 Å². The molecule has 3 aromatic rings. The van der Waals surface area contributed by atoms with Gasteiger partial charge in [0.2, 0.25) is 0 Å². The molecule has 1 unspecified atom stereocenters. The fourth-order valence-electron chi connectivity index (χ4n) is 4.62. The molecule has 10 heteroatoms. The second kappa shape index (κ2) is 7.93. The number of hydrogen-bond donors (Lipinski definition) is 1. The van der Waals surface area contributed by atoms with E-state index < -0.39 is 6.09 Å². The molecule has 3 aromatic heterocycles. The fraction of sp³-hybridized carbons (Fsp3) is 0.429. The Morgan fingerprint density at radius 3 is 2.90 bits per heavy atom. The van der Waals surface area contributed by atoms with Crippen LogP contribution in [-0.2, 0) is 4.74 Å². The fourth-order valence-corrected chi connectivity index (χ4v) is 4.62. The first-order valence-electron chi connectivity index (χ1n) is 10.6. The first-order valence-corrected chi connectivity index (χ1v) is 10.6. The number of ether oxygens (including phenoxy) is 1. The van der Waals surface area contributed by atoms with Crippen molar-refractivity contribution >= 4 is 17.6 Å². The highest BCUT2D eigenvalue weighted by atomic mass is 16.5. The number of fused-ring (bicyclic) bond motifs is 3. The Labute approximate surface area is 179 Å². The molecule has 1 aliphatic heterocycles. The highest BCUT2D eigenvalue weighted by molar-refractivity contribution is 5.90. The van der Waals surface area contributed by atoms with Crippen LogP contribution in [0.15, 0.2) is 31.0 Å². The van der Waals surface area contributed by atoms with Crippen LogP contribution in [0.1, 0.15) is 50.9 Å². The maximum Gasteiger partial charge on any atom is 0.411 e. The molecule has 0 bridgehead atoms. The molecule has 0 saturated heterocycles. The molecule has 160 valence electrons. The lowest BCUT2D eigenvalue weighted by Crippen LogP contribution is -2.42. The molecule has 0 radical (unpaired) electrons. The number of nitrogens with one attached hydrogen (secondary N) is 1. The van der Waals surface area contributed by atoms with Crippen molar-refractivity contribution in [1.29, 1.82) is 0 Å². The second-order valence-corrected chi connectivity index (χ2v) is 7.77. The van der Waals surface area contributed by atoms with Gasteiger partial charge in [0.1, 0.15) is 12.0 Å². The summed E-state index contributed by atoms with van der Waals surface area (Å²) >= 11 is 0. The standard InChI is InChI=1S/C21H24N8O2/c1-3-16-20-27-24-12-28(20)17-11-23-18(26-19(17)29(16)13-6-4-5-7-13)14-8-9-22-10-15(14)25-21(30)31-2/h8-13,16H,3-7H2,1-2H3,(H,25,30). The van der Waals surface area contributed by atoms with Gasteiger partial charge in [-0.3, -0.25) is 14.9 Å². The zero-order valence-electron chi connectivity index (χ0n) is 17.5. The second-order valence-electron chi connectivity index (χ2n) is 7.77. The van der Waals surface area contributed by atoms with E-state index >= 15 is 0 Å². The normalized spacial score (nSPS) is 17.9. The van der Waals surface area contributed by atoms with Gasteiger partial charge in [-0.15, -0.1) is 10.2 Å². The molecule has 2 aliphatic rings. The van der Waals surface area contributed by atoms with Gasteiger partial charge in [0, 0.05) is 17.8 Å². The molecule has 10 nitrogen and oxygen atoms in total. The van der Waals surface area contributed by atoms with Crippen LogP contribution in [0.5, 0.6) is 0 Å². The predicted molar refractivity (Wildman–Crippen MR) is 114 cm³/mol. The third kappa shape index (κ3) is 3.28. The van der Waals surface area contributed by atoms with Crippen molar-refractivity contribution < 1.29 is 9.53 Å². The molecule has 0 spiro atoms. The molecule has 1 saturated carbocycles. The maximum atomic E-state index is 11.8. The zero-order chi connectivity index (χ0) is 21.4. The molecule has 1 N–H and O–H groups in total. The number of carbonyl (C=O) groups excluding carboxylic acids is 1. The van der Waals surface area contributed by atoms with E-state index in [2.05, 4.69) is 37.3 Å². The number of carbonyl (C=O) groups is 1. The van der Waals surface area contributed by atoms with E-state index in [1.807, 2.05) is 4.57 Å². The number of methoxy groups -OCH3 is 1. The van der Waals surface area contributed by atoms with E-state index in [0.717, 1.165) is 36.6 Å². The Kier molecular flexibility index (Phi) is 4.97. The lowest BCUT2D eigenvalue weighted by molar-refractivity contribution is 0.187. The summed E-state index contributed by atoms with van der Waals surface area (Å²) in [5.74, 6) is 2.31. The smallest absolute Gasteiger partial charge is 0.411 e. The van der Waals surface area contributed by atoms with Crippen molar-refractivity contribution in [2.24, 2.45) is 0 Å². The molecule has 1 aliphatic carbocycles. The van der Waals surface area contributed by atoms with Gasteiger partial charge in [-0.05, 0) is 25.3 Å². The number of pyridine rings is 1. The molecular weight excluding hydrogens is 396 g/mol. The summed E-state index contributed by atoms with van der Waals surface area (Å²) in [6.45, 7) is 2.17. The van der Waals surface area contributed by atoms with Crippen LogP contribution in [0.3, 0.4) is 0 Å². The monoisotopic (exact) mass is 420 g/mol. The van der Waals surface area contributed by atoms with E-state index in [-0.39, 0.29) is 6.04 Å². The van der Waals surface area contributed by atoms with Gasteiger partial charge >= 0.3 is 6.09 Å². The SMILES string of the molecule is CCC1c2nncn2-c2cnc(-c3ccncc3NC(=O)OC)nc2N1C1CCCC1.